The Labute approximate surface area is 124 Å². The van der Waals surface area contributed by atoms with Gasteiger partial charge in [0.1, 0.15) is 5.75 Å². The fourth-order valence-electron chi connectivity index (χ4n) is 2.04. The molecule has 1 aromatic carbocycles. The van der Waals surface area contributed by atoms with E-state index in [4.69, 9.17) is 4.74 Å². The molecule has 0 aliphatic carbocycles. The zero-order valence-corrected chi connectivity index (χ0v) is 12.7. The Hall–Kier alpha value is -2.56. The number of amides is 1. The number of anilines is 2. The van der Waals surface area contributed by atoms with Crippen molar-refractivity contribution in [1.82, 2.24) is 4.98 Å². The van der Waals surface area contributed by atoms with E-state index in [0.717, 1.165) is 28.4 Å². The summed E-state index contributed by atoms with van der Waals surface area (Å²) >= 11 is 0. The number of hydrogen-bond acceptors (Lipinski definition) is 4. The van der Waals surface area contributed by atoms with Gasteiger partial charge in [-0.15, -0.1) is 0 Å². The molecule has 1 amide bonds. The number of pyridine rings is 1. The van der Waals surface area contributed by atoms with E-state index in [2.05, 4.69) is 15.6 Å². The van der Waals surface area contributed by atoms with Crippen LogP contribution < -0.4 is 15.4 Å². The first-order valence-electron chi connectivity index (χ1n) is 6.65. The van der Waals surface area contributed by atoms with E-state index in [1.165, 1.54) is 0 Å². The zero-order valence-electron chi connectivity index (χ0n) is 12.7. The van der Waals surface area contributed by atoms with E-state index in [9.17, 15) is 4.79 Å². The van der Waals surface area contributed by atoms with Crippen molar-refractivity contribution in [3.63, 3.8) is 0 Å². The fraction of sp³-hybridized carbons (Fsp3) is 0.250. The van der Waals surface area contributed by atoms with Gasteiger partial charge in [-0.2, -0.15) is 0 Å². The lowest BCUT2D eigenvalue weighted by molar-refractivity contribution is 0.102. The summed E-state index contributed by atoms with van der Waals surface area (Å²) in [5.74, 6) is 0.568. The second kappa shape index (κ2) is 6.26. The second-order valence-electron chi connectivity index (χ2n) is 4.76. The lowest BCUT2D eigenvalue weighted by atomic mass is 10.1. The number of hydrogen-bond donors (Lipinski definition) is 2. The molecule has 5 nitrogen and oxygen atoms in total. The quantitative estimate of drug-likeness (QED) is 0.906. The van der Waals surface area contributed by atoms with Crippen molar-refractivity contribution in [3.05, 3.63) is 47.3 Å². The molecule has 110 valence electrons. The van der Waals surface area contributed by atoms with Crippen molar-refractivity contribution >= 4 is 17.3 Å². The van der Waals surface area contributed by atoms with E-state index < -0.39 is 0 Å². The molecule has 0 bridgehead atoms. The van der Waals surface area contributed by atoms with Crippen LogP contribution in [0.4, 0.5) is 11.4 Å². The highest BCUT2D eigenvalue weighted by Gasteiger charge is 2.13. The lowest BCUT2D eigenvalue weighted by Gasteiger charge is -2.12. The first-order chi connectivity index (χ1) is 10.0. The highest BCUT2D eigenvalue weighted by molar-refractivity contribution is 6.08. The Balaban J connectivity index is 2.26. The number of nitrogens with zero attached hydrogens (tertiary/aromatic N) is 1. The summed E-state index contributed by atoms with van der Waals surface area (Å²) in [7, 11) is 3.40. The predicted octanol–water partition coefficient (Wildman–Crippen LogP) is 3.00. The van der Waals surface area contributed by atoms with E-state index >= 15 is 0 Å². The number of benzene rings is 1. The molecular weight excluding hydrogens is 266 g/mol. The number of aryl methyl sites for hydroxylation is 2. The average Bonchev–Trinajstić information content (AvgIpc) is 2.48. The summed E-state index contributed by atoms with van der Waals surface area (Å²) in [6.45, 7) is 3.81. The third kappa shape index (κ3) is 3.31. The van der Waals surface area contributed by atoms with Gasteiger partial charge in [0.15, 0.2) is 0 Å². The van der Waals surface area contributed by atoms with Gasteiger partial charge in [0.25, 0.3) is 5.91 Å². The van der Waals surface area contributed by atoms with Gasteiger partial charge in [-0.3, -0.25) is 9.78 Å². The minimum Gasteiger partial charge on any atom is -0.497 e. The zero-order chi connectivity index (χ0) is 15.4. The van der Waals surface area contributed by atoms with Gasteiger partial charge in [0.2, 0.25) is 0 Å². The van der Waals surface area contributed by atoms with E-state index in [1.807, 2.05) is 38.1 Å². The molecular formula is C16H19N3O2. The van der Waals surface area contributed by atoms with Gasteiger partial charge >= 0.3 is 0 Å². The van der Waals surface area contributed by atoms with Gasteiger partial charge in [0.05, 0.1) is 18.4 Å². The third-order valence-corrected chi connectivity index (χ3v) is 3.24. The van der Waals surface area contributed by atoms with Gasteiger partial charge in [-0.1, -0.05) is 0 Å². The van der Waals surface area contributed by atoms with Crippen molar-refractivity contribution < 1.29 is 9.53 Å². The molecule has 5 heteroatoms. The highest BCUT2D eigenvalue weighted by atomic mass is 16.5. The SMILES string of the molecule is CNc1cc(C)ncc1C(=O)Nc1ccc(OC)cc1C. The van der Waals surface area contributed by atoms with Crippen molar-refractivity contribution in [3.8, 4) is 5.75 Å². The molecule has 0 aliphatic rings. The Kier molecular flexibility index (Phi) is 4.42. The summed E-state index contributed by atoms with van der Waals surface area (Å²) < 4.78 is 5.16. The van der Waals surface area contributed by atoms with Crippen LogP contribution in [0.5, 0.6) is 5.75 Å². The summed E-state index contributed by atoms with van der Waals surface area (Å²) in [4.78, 5) is 16.6. The largest absolute Gasteiger partial charge is 0.497 e. The number of methoxy groups -OCH3 is 1. The monoisotopic (exact) mass is 285 g/mol. The molecule has 2 rings (SSSR count). The Morgan fingerprint density at radius 1 is 1.19 bits per heavy atom. The van der Waals surface area contributed by atoms with Crippen LogP contribution in [0.3, 0.4) is 0 Å². The Morgan fingerprint density at radius 3 is 2.57 bits per heavy atom. The summed E-state index contributed by atoms with van der Waals surface area (Å²) in [6, 6.07) is 7.36. The summed E-state index contributed by atoms with van der Waals surface area (Å²) in [6.07, 6.45) is 1.58. The Morgan fingerprint density at radius 2 is 1.95 bits per heavy atom. The maximum absolute atomic E-state index is 12.4. The topological polar surface area (TPSA) is 63.2 Å². The maximum Gasteiger partial charge on any atom is 0.259 e. The molecule has 2 N–H and O–H groups in total. The van der Waals surface area contributed by atoms with E-state index in [-0.39, 0.29) is 5.91 Å². The maximum atomic E-state index is 12.4. The van der Waals surface area contributed by atoms with Crippen LogP contribution in [0, 0.1) is 13.8 Å². The molecule has 1 heterocycles. The van der Waals surface area contributed by atoms with Crippen LogP contribution in [0.2, 0.25) is 0 Å². The van der Waals surface area contributed by atoms with Gasteiger partial charge < -0.3 is 15.4 Å². The summed E-state index contributed by atoms with van der Waals surface area (Å²) in [5.41, 5.74) is 3.82. The normalized spacial score (nSPS) is 10.1. The molecule has 21 heavy (non-hydrogen) atoms. The standard InChI is InChI=1S/C16H19N3O2/c1-10-7-12(21-4)5-6-14(10)19-16(20)13-9-18-11(2)8-15(13)17-3/h5-9H,1-4H3,(H,17,18)(H,19,20). The van der Waals surface area contributed by atoms with Crippen LogP contribution in [-0.4, -0.2) is 25.0 Å². The van der Waals surface area contributed by atoms with Crippen LogP contribution in [0.1, 0.15) is 21.6 Å². The number of aromatic nitrogens is 1. The molecule has 0 saturated heterocycles. The molecule has 0 fully saturated rings. The molecule has 0 unspecified atom stereocenters. The van der Waals surface area contributed by atoms with Crippen molar-refractivity contribution in [2.45, 2.75) is 13.8 Å². The van der Waals surface area contributed by atoms with Crippen molar-refractivity contribution in [2.75, 3.05) is 24.8 Å². The van der Waals surface area contributed by atoms with Crippen molar-refractivity contribution in [2.24, 2.45) is 0 Å². The molecule has 0 spiro atoms. The number of nitrogens with one attached hydrogen (secondary N) is 2. The first-order valence-corrected chi connectivity index (χ1v) is 6.65. The van der Waals surface area contributed by atoms with Crippen LogP contribution in [0.15, 0.2) is 30.5 Å². The van der Waals surface area contributed by atoms with Gasteiger partial charge in [-0.05, 0) is 43.7 Å². The summed E-state index contributed by atoms with van der Waals surface area (Å²) in [5, 5.41) is 5.91. The van der Waals surface area contributed by atoms with Crippen LogP contribution >= 0.6 is 0 Å². The number of carbonyl (C=O) groups excluding carboxylic acids is 1. The highest BCUT2D eigenvalue weighted by Crippen LogP contribution is 2.23. The van der Waals surface area contributed by atoms with Gasteiger partial charge in [-0.25, -0.2) is 0 Å². The average molecular weight is 285 g/mol. The van der Waals surface area contributed by atoms with Crippen LogP contribution in [0.25, 0.3) is 0 Å². The number of rotatable bonds is 4. The van der Waals surface area contributed by atoms with Crippen LogP contribution in [-0.2, 0) is 0 Å². The minimum atomic E-state index is -0.194. The minimum absolute atomic E-state index is 0.194. The molecule has 2 aromatic rings. The first kappa shape index (κ1) is 14.8. The molecule has 0 radical (unpaired) electrons. The fourth-order valence-corrected chi connectivity index (χ4v) is 2.04. The van der Waals surface area contributed by atoms with E-state index in [0.29, 0.717) is 5.56 Å². The number of carbonyl (C=O) groups is 1. The molecule has 0 saturated carbocycles. The predicted molar refractivity (Wildman–Crippen MR) is 84.2 cm³/mol. The van der Waals surface area contributed by atoms with E-state index in [1.54, 1.807) is 20.4 Å². The smallest absolute Gasteiger partial charge is 0.259 e. The second-order valence-corrected chi connectivity index (χ2v) is 4.76. The van der Waals surface area contributed by atoms with Gasteiger partial charge in [0, 0.05) is 24.6 Å². The number of ether oxygens (including phenoxy) is 1. The Bertz CT molecular complexity index is 669. The third-order valence-electron chi connectivity index (χ3n) is 3.24. The molecule has 0 atom stereocenters. The molecule has 1 aromatic heterocycles. The lowest BCUT2D eigenvalue weighted by Crippen LogP contribution is -2.15. The molecule has 0 aliphatic heterocycles. The van der Waals surface area contributed by atoms with Crippen molar-refractivity contribution in [1.29, 1.82) is 0 Å².